The van der Waals surface area contributed by atoms with Crippen molar-refractivity contribution in [3.8, 4) is 0 Å². The molecule has 0 bridgehead atoms. The minimum absolute atomic E-state index is 0.0651. The maximum absolute atomic E-state index is 14.6. The van der Waals surface area contributed by atoms with Gasteiger partial charge in [-0.3, -0.25) is 19.2 Å². The van der Waals surface area contributed by atoms with Gasteiger partial charge in [0.25, 0.3) is 5.91 Å². The van der Waals surface area contributed by atoms with Crippen molar-refractivity contribution in [3.63, 3.8) is 0 Å². The Hall–Kier alpha value is -4.03. The third kappa shape index (κ3) is 6.39. The molecule has 48 heavy (non-hydrogen) atoms. The molecule has 11 nitrogen and oxygen atoms in total. The number of hydrogen-bond donors (Lipinski definition) is 2. The lowest BCUT2D eigenvalue weighted by molar-refractivity contribution is -0.162. The molecule has 4 aliphatic rings. The van der Waals surface area contributed by atoms with E-state index in [2.05, 4.69) is 5.32 Å². The monoisotopic (exact) mass is 677 g/mol. The summed E-state index contributed by atoms with van der Waals surface area (Å²) in [6, 6.07) is 14.2. The molecule has 2 aromatic carbocycles. The summed E-state index contributed by atoms with van der Waals surface area (Å²) in [6.07, 6.45) is 6.63. The van der Waals surface area contributed by atoms with Crippen molar-refractivity contribution in [1.82, 2.24) is 10.2 Å². The third-order valence-corrected chi connectivity index (χ3v) is 9.76. The predicted molar refractivity (Wildman–Crippen MR) is 177 cm³/mol. The van der Waals surface area contributed by atoms with Gasteiger partial charge in [0.2, 0.25) is 11.8 Å². The molecular weight excluding hydrogens is 638 g/mol. The van der Waals surface area contributed by atoms with E-state index in [-0.39, 0.29) is 44.5 Å². The number of nitrogens with one attached hydrogen (secondary N) is 1. The van der Waals surface area contributed by atoms with E-state index in [4.69, 9.17) is 25.8 Å². The number of esters is 1. The maximum atomic E-state index is 14.6. The minimum atomic E-state index is -1.48. The first-order chi connectivity index (χ1) is 23.3. The second kappa shape index (κ2) is 14.6. The number of nitrogens with zero attached hydrogens (tertiary/aromatic N) is 2. The number of aliphatic hydroxyl groups excluding tert-OH is 1. The van der Waals surface area contributed by atoms with Crippen LogP contribution in [0.4, 0.5) is 5.69 Å². The highest BCUT2D eigenvalue weighted by atomic mass is 35.5. The highest BCUT2D eigenvalue weighted by Gasteiger charge is 2.71. The van der Waals surface area contributed by atoms with Crippen molar-refractivity contribution in [2.75, 3.05) is 38.3 Å². The highest BCUT2D eigenvalue weighted by molar-refractivity contribution is 6.30. The van der Waals surface area contributed by atoms with Crippen LogP contribution in [0, 0.1) is 11.8 Å². The predicted octanol–water partition coefficient (Wildman–Crippen LogP) is 3.36. The van der Waals surface area contributed by atoms with Crippen molar-refractivity contribution in [2.24, 2.45) is 11.8 Å². The zero-order valence-corrected chi connectivity index (χ0v) is 27.5. The summed E-state index contributed by atoms with van der Waals surface area (Å²) in [4.78, 5) is 59.7. The number of fused-ring (bicyclic) bond motifs is 2. The van der Waals surface area contributed by atoms with E-state index in [1.54, 1.807) is 65.6 Å². The van der Waals surface area contributed by atoms with Gasteiger partial charge in [-0.2, -0.15) is 0 Å². The quantitative estimate of drug-likeness (QED) is 0.247. The van der Waals surface area contributed by atoms with Crippen LogP contribution in [0.1, 0.15) is 37.4 Å². The molecule has 0 saturated carbocycles. The molecule has 4 heterocycles. The van der Waals surface area contributed by atoms with Gasteiger partial charge in [-0.25, -0.2) is 0 Å². The Morgan fingerprint density at radius 1 is 1.02 bits per heavy atom. The molecule has 2 N–H and O–H groups in total. The molecule has 2 fully saturated rings. The van der Waals surface area contributed by atoms with E-state index < -0.39 is 53.6 Å². The van der Waals surface area contributed by atoms with E-state index in [1.165, 1.54) is 12.0 Å². The van der Waals surface area contributed by atoms with E-state index in [1.807, 2.05) is 18.2 Å². The van der Waals surface area contributed by atoms with Crippen molar-refractivity contribution in [1.29, 1.82) is 0 Å². The van der Waals surface area contributed by atoms with Gasteiger partial charge in [0.1, 0.15) is 23.7 Å². The summed E-state index contributed by atoms with van der Waals surface area (Å²) in [5.41, 5.74) is -0.223. The Labute approximate surface area is 284 Å². The number of rotatable bonds is 8. The summed E-state index contributed by atoms with van der Waals surface area (Å²) in [5, 5.41) is 13.0. The number of hydrogen-bond acceptors (Lipinski definition) is 8. The zero-order chi connectivity index (χ0) is 33.8. The van der Waals surface area contributed by atoms with Crippen LogP contribution < -0.4 is 10.2 Å². The van der Waals surface area contributed by atoms with Crippen molar-refractivity contribution < 1.29 is 38.5 Å². The number of methoxy groups -OCH3 is 1. The van der Waals surface area contributed by atoms with Crippen LogP contribution in [0.25, 0.3) is 0 Å². The second-order valence-electron chi connectivity index (χ2n) is 12.5. The van der Waals surface area contributed by atoms with Crippen LogP contribution in [0.2, 0.25) is 5.02 Å². The Morgan fingerprint density at radius 2 is 1.79 bits per heavy atom. The number of benzene rings is 2. The van der Waals surface area contributed by atoms with Gasteiger partial charge in [0, 0.05) is 43.9 Å². The number of carbonyl (C=O) groups excluding carboxylic acids is 4. The molecule has 2 saturated heterocycles. The minimum Gasteiger partial charge on any atom is -0.455 e. The summed E-state index contributed by atoms with van der Waals surface area (Å²) in [6.45, 7) is 0.413. The van der Waals surface area contributed by atoms with E-state index in [0.29, 0.717) is 35.5 Å². The number of amides is 3. The fraction of sp³-hybridized carbons (Fsp3) is 0.444. The van der Waals surface area contributed by atoms with E-state index in [0.717, 1.165) is 0 Å². The number of allylic oxidation sites excluding steroid dienone is 1. The number of carbonyl (C=O) groups is 4. The Bertz CT molecular complexity index is 1570. The van der Waals surface area contributed by atoms with Gasteiger partial charge < -0.3 is 34.4 Å². The van der Waals surface area contributed by atoms with Gasteiger partial charge in [-0.15, -0.1) is 0 Å². The molecule has 6 rings (SSSR count). The van der Waals surface area contributed by atoms with Crippen LogP contribution in [-0.2, 0) is 33.4 Å². The second-order valence-corrected chi connectivity index (χ2v) is 12.9. The molecule has 2 aromatic rings. The smallest absolute Gasteiger partial charge is 0.313 e. The average molecular weight is 678 g/mol. The standard InChI is InChI=1S/C36H40ClN3O8/c1-46-22-26-31(23-10-3-2-4-11-23)47-35(45)29-27(12-5-6-13-28(42)38-26)48-36-18-9-20-39(25-16-14-24(37)15-17-25)34(44)32(36)40(19-7-8-21-41)33(43)30(29)36/h2-5,9-12,14-18,26-27,29-32,41H,6-8,13,19-22H2,1H3,(H,38,42)/b12-5-/t26-,27-,29+,30+,31-,32-,36+/m0/s1. The fourth-order valence-corrected chi connectivity index (χ4v) is 7.50. The first-order valence-electron chi connectivity index (χ1n) is 16.3. The number of unbranched alkanes of at least 4 members (excludes halogenated alkanes) is 1. The molecule has 3 amide bonds. The topological polar surface area (TPSA) is 135 Å². The van der Waals surface area contributed by atoms with Crippen LogP contribution in [0.3, 0.4) is 0 Å². The maximum Gasteiger partial charge on any atom is 0.313 e. The first kappa shape index (κ1) is 33.9. The Morgan fingerprint density at radius 3 is 2.52 bits per heavy atom. The zero-order valence-electron chi connectivity index (χ0n) is 26.7. The van der Waals surface area contributed by atoms with Crippen molar-refractivity contribution >= 4 is 41.0 Å². The molecule has 0 unspecified atom stereocenters. The molecule has 0 radical (unpaired) electrons. The van der Waals surface area contributed by atoms with Crippen molar-refractivity contribution in [2.45, 2.75) is 55.6 Å². The number of halogens is 1. The highest BCUT2D eigenvalue weighted by Crippen LogP contribution is 2.53. The number of cyclic esters (lactones) is 1. The lowest BCUT2D eigenvalue weighted by Gasteiger charge is -2.35. The molecule has 4 aliphatic heterocycles. The largest absolute Gasteiger partial charge is 0.455 e. The van der Waals surface area contributed by atoms with Crippen LogP contribution in [0.15, 0.2) is 78.9 Å². The lowest BCUT2D eigenvalue weighted by Crippen LogP contribution is -2.55. The fourth-order valence-electron chi connectivity index (χ4n) is 7.38. The number of ether oxygens (including phenoxy) is 3. The SMILES string of the molecule is COC[C@@H]1NC(=O)CC/C=C\[C@@H]2O[C@@]34C=CCN(c5ccc(Cl)cc5)C(=O)[C@@H]3N(CCCCO)C(=O)[C@H]4[C@@H]2C(=O)O[C@H]1c1ccccc1. The van der Waals surface area contributed by atoms with Gasteiger partial charge in [0.15, 0.2) is 0 Å². The van der Waals surface area contributed by atoms with Gasteiger partial charge >= 0.3 is 5.97 Å². The van der Waals surface area contributed by atoms with E-state index >= 15 is 0 Å². The molecule has 12 heteroatoms. The Kier molecular flexibility index (Phi) is 10.3. The molecule has 7 atom stereocenters. The normalized spacial score (nSPS) is 31.1. The summed E-state index contributed by atoms with van der Waals surface area (Å²) < 4.78 is 18.5. The van der Waals surface area contributed by atoms with Crippen LogP contribution >= 0.6 is 11.6 Å². The van der Waals surface area contributed by atoms with Crippen LogP contribution in [0.5, 0.6) is 0 Å². The molecule has 0 aromatic heterocycles. The van der Waals surface area contributed by atoms with Crippen LogP contribution in [-0.4, -0.2) is 90.9 Å². The molecular formula is C36H40ClN3O8. The Balaban J connectivity index is 1.43. The first-order valence-corrected chi connectivity index (χ1v) is 16.7. The lowest BCUT2D eigenvalue weighted by atomic mass is 9.77. The molecule has 1 spiro atoms. The summed E-state index contributed by atoms with van der Waals surface area (Å²) >= 11 is 6.14. The number of anilines is 1. The summed E-state index contributed by atoms with van der Waals surface area (Å²) in [7, 11) is 1.50. The molecule has 254 valence electrons. The van der Waals surface area contributed by atoms with Crippen molar-refractivity contribution in [3.05, 3.63) is 89.5 Å². The van der Waals surface area contributed by atoms with Gasteiger partial charge in [-0.05, 0) is 49.1 Å². The summed E-state index contributed by atoms with van der Waals surface area (Å²) in [5.74, 6) is -3.82. The average Bonchev–Trinajstić information content (AvgIpc) is 3.46. The number of aliphatic hydroxyl groups is 1. The number of likely N-dealkylation sites (tertiary alicyclic amines) is 1. The molecule has 0 aliphatic carbocycles. The van der Waals surface area contributed by atoms with Gasteiger partial charge in [0.05, 0.1) is 24.7 Å². The third-order valence-electron chi connectivity index (χ3n) is 9.50. The van der Waals surface area contributed by atoms with Gasteiger partial charge in [-0.1, -0.05) is 66.2 Å². The van der Waals surface area contributed by atoms with E-state index in [9.17, 15) is 24.3 Å².